The molecule has 0 aliphatic heterocycles. The molecule has 0 fully saturated rings. The number of alkyl halides is 3. The zero-order chi connectivity index (χ0) is 26.7. The summed E-state index contributed by atoms with van der Waals surface area (Å²) in [7, 11) is 0. The molecule has 0 unspecified atom stereocenters. The van der Waals surface area contributed by atoms with Gasteiger partial charge in [0.1, 0.15) is 18.2 Å². The van der Waals surface area contributed by atoms with E-state index in [4.69, 9.17) is 26.2 Å². The summed E-state index contributed by atoms with van der Waals surface area (Å²) in [4.78, 5) is 27.2. The number of nitrogens with zero attached hydrogens (tertiary/aromatic N) is 2. The molecule has 0 atom stereocenters. The second-order valence-electron chi connectivity index (χ2n) is 6.99. The second-order valence-corrected chi connectivity index (χ2v) is 7.43. The molecule has 0 radical (unpaired) electrons. The summed E-state index contributed by atoms with van der Waals surface area (Å²) in [5.74, 6) is -3.09. The maximum Gasteiger partial charge on any atom is 0.490 e. The number of halogens is 5. The summed E-state index contributed by atoms with van der Waals surface area (Å²) in [6.07, 6.45) is -1.68. The molecule has 1 aromatic heterocycles. The fraction of sp³-hybridized carbons (Fsp3) is 0.208. The van der Waals surface area contributed by atoms with E-state index in [2.05, 4.69) is 10.3 Å². The van der Waals surface area contributed by atoms with E-state index in [1.165, 1.54) is 11.0 Å². The number of pyridine rings is 1. The van der Waals surface area contributed by atoms with E-state index in [-0.39, 0.29) is 11.6 Å². The molecule has 1 heterocycles. The van der Waals surface area contributed by atoms with Gasteiger partial charge < -0.3 is 20.1 Å². The first kappa shape index (κ1) is 28.4. The van der Waals surface area contributed by atoms with Crippen LogP contribution in [0.2, 0.25) is 5.02 Å². The van der Waals surface area contributed by atoms with E-state index in [1.807, 2.05) is 12.1 Å². The Balaban J connectivity index is 0.000000572. The number of carboxylic acid groups (broad SMARTS) is 1. The monoisotopic (exact) mass is 527 g/mol. The van der Waals surface area contributed by atoms with Crippen LogP contribution in [0.15, 0.2) is 67.0 Å². The number of aliphatic carboxylic acids is 1. The number of hydrogen-bond donors (Lipinski definition) is 2. The number of carboxylic acids is 1. The van der Waals surface area contributed by atoms with Gasteiger partial charge >= 0.3 is 12.1 Å². The third kappa shape index (κ3) is 8.73. The zero-order valence-electron chi connectivity index (χ0n) is 18.9. The molecule has 7 nitrogen and oxygen atoms in total. The summed E-state index contributed by atoms with van der Waals surface area (Å²) in [5, 5.41) is 10.7. The Morgan fingerprint density at radius 2 is 1.75 bits per heavy atom. The van der Waals surface area contributed by atoms with Gasteiger partial charge in [-0.3, -0.25) is 9.78 Å². The molecule has 0 aliphatic carbocycles. The summed E-state index contributed by atoms with van der Waals surface area (Å²) in [6, 6.07) is 14.7. The van der Waals surface area contributed by atoms with Gasteiger partial charge in [0, 0.05) is 41.8 Å². The van der Waals surface area contributed by atoms with Crippen molar-refractivity contribution >= 4 is 34.9 Å². The number of carbonyl (C=O) groups excluding carboxylic acids is 1. The Kier molecular flexibility index (Phi) is 10.5. The normalized spacial score (nSPS) is 10.6. The van der Waals surface area contributed by atoms with Crippen LogP contribution >= 0.6 is 11.6 Å². The first-order valence-electron chi connectivity index (χ1n) is 10.5. The van der Waals surface area contributed by atoms with Crippen molar-refractivity contribution in [2.45, 2.75) is 13.1 Å². The van der Waals surface area contributed by atoms with Crippen molar-refractivity contribution in [3.63, 3.8) is 0 Å². The van der Waals surface area contributed by atoms with Crippen LogP contribution in [0.5, 0.6) is 5.75 Å². The van der Waals surface area contributed by atoms with Crippen molar-refractivity contribution < 1.29 is 37.0 Å². The molecule has 2 aromatic carbocycles. The highest BCUT2D eigenvalue weighted by Crippen LogP contribution is 2.25. The van der Waals surface area contributed by atoms with E-state index in [1.54, 1.807) is 55.7 Å². The van der Waals surface area contributed by atoms with Crippen LogP contribution in [0.1, 0.15) is 17.3 Å². The SMILES string of the molecule is CCN(C(=O)c1cc(Cl)cc(OCCNc2ccncc2)c1)c1ccccc1F.O=C(O)C(F)(F)F. The lowest BCUT2D eigenvalue weighted by molar-refractivity contribution is -0.192. The van der Waals surface area contributed by atoms with Crippen molar-refractivity contribution in [2.75, 3.05) is 29.9 Å². The van der Waals surface area contributed by atoms with Crippen LogP contribution in [0.3, 0.4) is 0 Å². The number of anilines is 2. The van der Waals surface area contributed by atoms with Gasteiger partial charge in [-0.25, -0.2) is 9.18 Å². The number of aromatic nitrogens is 1. The number of nitrogens with one attached hydrogen (secondary N) is 1. The van der Waals surface area contributed by atoms with Gasteiger partial charge in [0.2, 0.25) is 0 Å². The minimum absolute atomic E-state index is 0.226. The van der Waals surface area contributed by atoms with Crippen LogP contribution < -0.4 is 15.0 Å². The van der Waals surface area contributed by atoms with Crippen molar-refractivity contribution in [3.05, 3.63) is 83.4 Å². The van der Waals surface area contributed by atoms with E-state index in [9.17, 15) is 22.4 Å². The molecule has 0 saturated heterocycles. The molecular formula is C24H22ClF4N3O4. The van der Waals surface area contributed by atoms with Crippen LogP contribution in [-0.2, 0) is 4.79 Å². The lowest BCUT2D eigenvalue weighted by Crippen LogP contribution is -2.31. The molecule has 1 amide bonds. The molecule has 192 valence electrons. The Morgan fingerprint density at radius 1 is 1.11 bits per heavy atom. The molecule has 2 N–H and O–H groups in total. The largest absolute Gasteiger partial charge is 0.492 e. The molecule has 3 aromatic rings. The second kappa shape index (κ2) is 13.3. The van der Waals surface area contributed by atoms with Crippen molar-refractivity contribution in [2.24, 2.45) is 0 Å². The highest BCUT2D eigenvalue weighted by molar-refractivity contribution is 6.31. The Morgan fingerprint density at radius 3 is 2.33 bits per heavy atom. The number of carbonyl (C=O) groups is 2. The van der Waals surface area contributed by atoms with Crippen molar-refractivity contribution in [1.82, 2.24) is 4.98 Å². The lowest BCUT2D eigenvalue weighted by atomic mass is 10.1. The Labute approximate surface area is 209 Å². The highest BCUT2D eigenvalue weighted by Gasteiger charge is 2.38. The highest BCUT2D eigenvalue weighted by atomic mass is 35.5. The van der Waals surface area contributed by atoms with E-state index < -0.39 is 18.0 Å². The topological polar surface area (TPSA) is 91.8 Å². The smallest absolute Gasteiger partial charge is 0.490 e. The Hall–Kier alpha value is -3.86. The molecule has 0 saturated carbocycles. The Bertz CT molecular complexity index is 1160. The van der Waals surface area contributed by atoms with Crippen molar-refractivity contribution in [1.29, 1.82) is 0 Å². The van der Waals surface area contributed by atoms with Gasteiger partial charge in [0.05, 0.1) is 5.69 Å². The van der Waals surface area contributed by atoms with Gasteiger partial charge in [-0.1, -0.05) is 23.7 Å². The quantitative estimate of drug-likeness (QED) is 0.290. The number of hydrogen-bond acceptors (Lipinski definition) is 5. The number of rotatable bonds is 8. The molecule has 0 bridgehead atoms. The molecule has 3 rings (SSSR count). The number of benzene rings is 2. The standard InChI is InChI=1S/C22H21ClFN3O2.C2HF3O2/c1-2-27(21-6-4-3-5-20(21)24)22(28)16-13-17(23)15-19(14-16)29-12-11-26-18-7-9-25-10-8-18;3-2(4,5)1(6)7/h3-10,13-15H,2,11-12H2,1H3,(H,25,26);(H,6,7). The summed E-state index contributed by atoms with van der Waals surface area (Å²) < 4.78 is 51.6. The number of amides is 1. The van der Waals surface area contributed by atoms with E-state index in [0.29, 0.717) is 36.0 Å². The molecule has 36 heavy (non-hydrogen) atoms. The first-order valence-corrected chi connectivity index (χ1v) is 10.8. The summed E-state index contributed by atoms with van der Waals surface area (Å²) >= 11 is 6.18. The van der Waals surface area contributed by atoms with Crippen LogP contribution in [-0.4, -0.2) is 47.8 Å². The fourth-order valence-corrected chi connectivity index (χ4v) is 3.08. The van der Waals surface area contributed by atoms with Gasteiger partial charge in [-0.2, -0.15) is 13.2 Å². The average molecular weight is 528 g/mol. The molecule has 12 heteroatoms. The van der Waals surface area contributed by atoms with E-state index >= 15 is 0 Å². The summed E-state index contributed by atoms with van der Waals surface area (Å²) in [6.45, 7) is 3.05. The molecular weight excluding hydrogens is 506 g/mol. The predicted molar refractivity (Wildman–Crippen MR) is 127 cm³/mol. The minimum atomic E-state index is -5.08. The van der Waals surface area contributed by atoms with Gasteiger partial charge in [-0.05, 0) is 49.4 Å². The average Bonchev–Trinajstić information content (AvgIpc) is 2.83. The van der Waals surface area contributed by atoms with Crippen LogP contribution in [0.4, 0.5) is 28.9 Å². The van der Waals surface area contributed by atoms with Gasteiger partial charge in [0.25, 0.3) is 5.91 Å². The third-order valence-electron chi connectivity index (χ3n) is 4.45. The lowest BCUT2D eigenvalue weighted by Gasteiger charge is -2.22. The predicted octanol–water partition coefficient (Wildman–Crippen LogP) is 5.67. The number of para-hydroxylation sites is 1. The van der Waals surface area contributed by atoms with Gasteiger partial charge in [0.15, 0.2) is 0 Å². The van der Waals surface area contributed by atoms with E-state index in [0.717, 1.165) is 5.69 Å². The van der Waals surface area contributed by atoms with Gasteiger partial charge in [-0.15, -0.1) is 0 Å². The van der Waals surface area contributed by atoms with Crippen LogP contribution in [0, 0.1) is 5.82 Å². The van der Waals surface area contributed by atoms with Crippen molar-refractivity contribution in [3.8, 4) is 5.75 Å². The minimum Gasteiger partial charge on any atom is -0.492 e. The molecule has 0 aliphatic rings. The number of ether oxygens (including phenoxy) is 1. The maximum absolute atomic E-state index is 14.2. The third-order valence-corrected chi connectivity index (χ3v) is 4.66. The first-order chi connectivity index (χ1) is 17.0. The summed E-state index contributed by atoms with van der Waals surface area (Å²) in [5.41, 5.74) is 1.50. The maximum atomic E-state index is 14.2. The molecule has 0 spiro atoms. The zero-order valence-corrected chi connectivity index (χ0v) is 19.7. The van der Waals surface area contributed by atoms with Crippen LogP contribution in [0.25, 0.3) is 0 Å². The fourth-order valence-electron chi connectivity index (χ4n) is 2.85.